The molecule has 176 valence electrons. The van der Waals surface area contributed by atoms with Gasteiger partial charge in [-0.25, -0.2) is 0 Å². The summed E-state index contributed by atoms with van der Waals surface area (Å²) in [6.45, 7) is 7.57. The molecule has 0 spiro atoms. The number of carbonyl (C=O) groups excluding carboxylic acids is 1. The van der Waals surface area contributed by atoms with Crippen molar-refractivity contribution in [3.8, 4) is 11.5 Å². The lowest BCUT2D eigenvalue weighted by Gasteiger charge is -2.18. The van der Waals surface area contributed by atoms with Crippen molar-refractivity contribution >= 4 is 35.8 Å². The van der Waals surface area contributed by atoms with Crippen molar-refractivity contribution in [2.75, 3.05) is 27.3 Å². The minimum absolute atomic E-state index is 0. The highest BCUT2D eigenvalue weighted by atomic mass is 127. The van der Waals surface area contributed by atoms with Gasteiger partial charge in [0.15, 0.2) is 5.96 Å². The van der Waals surface area contributed by atoms with Crippen LogP contribution in [0.2, 0.25) is 0 Å². The number of rotatable bonds is 10. The van der Waals surface area contributed by atoms with Crippen molar-refractivity contribution in [1.82, 2.24) is 16.0 Å². The lowest BCUT2D eigenvalue weighted by Crippen LogP contribution is -2.43. The normalized spacial score (nSPS) is 11.9. The quantitative estimate of drug-likeness (QED) is 0.236. The average Bonchev–Trinajstić information content (AvgIpc) is 2.79. The molecule has 0 bridgehead atoms. The van der Waals surface area contributed by atoms with Crippen molar-refractivity contribution < 1.29 is 14.3 Å². The molecule has 0 aliphatic heterocycles. The zero-order valence-electron chi connectivity index (χ0n) is 19.5. The van der Waals surface area contributed by atoms with Crippen LogP contribution >= 0.6 is 24.0 Å². The van der Waals surface area contributed by atoms with E-state index in [9.17, 15) is 4.79 Å². The molecule has 0 heterocycles. The van der Waals surface area contributed by atoms with Crippen LogP contribution in [0.4, 0.5) is 0 Å². The summed E-state index contributed by atoms with van der Waals surface area (Å²) in [6, 6.07) is 15.6. The number of guanidine groups is 1. The zero-order valence-corrected chi connectivity index (χ0v) is 21.8. The highest BCUT2D eigenvalue weighted by molar-refractivity contribution is 14.0. The number of methoxy groups -OCH3 is 1. The van der Waals surface area contributed by atoms with Gasteiger partial charge in [-0.2, -0.15) is 0 Å². The number of benzene rings is 2. The summed E-state index contributed by atoms with van der Waals surface area (Å²) in [5.74, 6) is 2.59. The predicted octanol–water partition coefficient (Wildman–Crippen LogP) is 3.89. The number of aliphatic imine (C=N–C) groups is 1. The minimum atomic E-state index is -0.113. The van der Waals surface area contributed by atoms with Crippen molar-refractivity contribution in [3.05, 3.63) is 59.7 Å². The third-order valence-electron chi connectivity index (χ3n) is 4.61. The van der Waals surface area contributed by atoms with E-state index < -0.39 is 0 Å². The Bertz CT molecular complexity index is 839. The van der Waals surface area contributed by atoms with Gasteiger partial charge in [-0.1, -0.05) is 38.1 Å². The number of hydrogen-bond acceptors (Lipinski definition) is 4. The SMILES string of the molecule is CN=C(NCC(=O)NCc1ccc(OC)cc1)NC(C)c1ccc(OCC(C)C)cc1.I. The number of halogens is 1. The van der Waals surface area contributed by atoms with Gasteiger partial charge in [-0.15, -0.1) is 24.0 Å². The first-order valence-corrected chi connectivity index (χ1v) is 10.5. The molecule has 1 unspecified atom stereocenters. The second-order valence-electron chi connectivity index (χ2n) is 7.69. The Labute approximate surface area is 208 Å². The Morgan fingerprint density at radius 3 is 2.16 bits per heavy atom. The Morgan fingerprint density at radius 2 is 1.59 bits per heavy atom. The van der Waals surface area contributed by atoms with Crippen LogP contribution in [-0.4, -0.2) is 39.2 Å². The molecule has 8 heteroatoms. The zero-order chi connectivity index (χ0) is 22.6. The van der Waals surface area contributed by atoms with E-state index in [-0.39, 0.29) is 42.5 Å². The fourth-order valence-corrected chi connectivity index (χ4v) is 2.77. The number of nitrogens with one attached hydrogen (secondary N) is 3. The molecular formula is C24H35IN4O3. The second kappa shape index (κ2) is 14.5. The molecule has 2 rings (SSSR count). The molecule has 0 fully saturated rings. The fourth-order valence-electron chi connectivity index (χ4n) is 2.77. The Morgan fingerprint density at radius 1 is 0.969 bits per heavy atom. The lowest BCUT2D eigenvalue weighted by atomic mass is 10.1. The third kappa shape index (κ3) is 9.76. The maximum Gasteiger partial charge on any atom is 0.239 e. The van der Waals surface area contributed by atoms with E-state index in [0.29, 0.717) is 25.0 Å². The van der Waals surface area contributed by atoms with Gasteiger partial charge in [-0.05, 0) is 48.2 Å². The van der Waals surface area contributed by atoms with Gasteiger partial charge in [0.2, 0.25) is 5.91 Å². The fraction of sp³-hybridized carbons (Fsp3) is 0.417. The first kappa shape index (κ1) is 27.5. The minimum Gasteiger partial charge on any atom is -0.497 e. The highest BCUT2D eigenvalue weighted by Gasteiger charge is 2.10. The largest absolute Gasteiger partial charge is 0.497 e. The van der Waals surface area contributed by atoms with E-state index >= 15 is 0 Å². The van der Waals surface area contributed by atoms with Crippen molar-refractivity contribution in [2.45, 2.75) is 33.4 Å². The monoisotopic (exact) mass is 554 g/mol. The molecule has 0 aliphatic carbocycles. The number of hydrogen-bond donors (Lipinski definition) is 3. The van der Waals surface area contributed by atoms with Crippen LogP contribution in [0.1, 0.15) is 37.9 Å². The summed E-state index contributed by atoms with van der Waals surface area (Å²) in [7, 11) is 3.31. The number of carbonyl (C=O) groups is 1. The molecule has 1 atom stereocenters. The molecule has 0 radical (unpaired) electrons. The average molecular weight is 554 g/mol. The van der Waals surface area contributed by atoms with Crippen LogP contribution in [0.5, 0.6) is 11.5 Å². The maximum atomic E-state index is 12.2. The maximum absolute atomic E-state index is 12.2. The van der Waals surface area contributed by atoms with Gasteiger partial charge < -0.3 is 25.4 Å². The number of amides is 1. The predicted molar refractivity (Wildman–Crippen MR) is 140 cm³/mol. The highest BCUT2D eigenvalue weighted by Crippen LogP contribution is 2.18. The van der Waals surface area contributed by atoms with E-state index in [1.54, 1.807) is 14.2 Å². The van der Waals surface area contributed by atoms with E-state index in [0.717, 1.165) is 22.6 Å². The van der Waals surface area contributed by atoms with Crippen molar-refractivity contribution in [2.24, 2.45) is 10.9 Å². The van der Waals surface area contributed by atoms with Crippen LogP contribution in [-0.2, 0) is 11.3 Å². The molecule has 7 nitrogen and oxygen atoms in total. The molecule has 1 amide bonds. The molecule has 3 N–H and O–H groups in total. The van der Waals surface area contributed by atoms with E-state index in [4.69, 9.17) is 9.47 Å². The van der Waals surface area contributed by atoms with Gasteiger partial charge >= 0.3 is 0 Å². The number of ether oxygens (including phenoxy) is 2. The Hall–Kier alpha value is -2.49. The molecule has 32 heavy (non-hydrogen) atoms. The summed E-state index contributed by atoms with van der Waals surface area (Å²) < 4.78 is 10.9. The van der Waals surface area contributed by atoms with Gasteiger partial charge in [0, 0.05) is 13.6 Å². The molecule has 0 saturated heterocycles. The summed E-state index contributed by atoms with van der Waals surface area (Å²) in [5.41, 5.74) is 2.11. The molecule has 0 saturated carbocycles. The summed E-state index contributed by atoms with van der Waals surface area (Å²) >= 11 is 0. The van der Waals surface area contributed by atoms with Crippen LogP contribution in [0.3, 0.4) is 0 Å². The van der Waals surface area contributed by atoms with Crippen molar-refractivity contribution in [1.29, 1.82) is 0 Å². The van der Waals surface area contributed by atoms with Gasteiger partial charge in [0.1, 0.15) is 11.5 Å². The molecule has 2 aromatic rings. The van der Waals surface area contributed by atoms with Gasteiger partial charge in [0.25, 0.3) is 0 Å². The second-order valence-corrected chi connectivity index (χ2v) is 7.69. The molecule has 0 aromatic heterocycles. The van der Waals surface area contributed by atoms with E-state index in [1.165, 1.54) is 0 Å². The van der Waals surface area contributed by atoms with Gasteiger partial charge in [-0.3, -0.25) is 9.79 Å². The van der Waals surface area contributed by atoms with Crippen molar-refractivity contribution in [3.63, 3.8) is 0 Å². The van der Waals surface area contributed by atoms with Crippen LogP contribution in [0.25, 0.3) is 0 Å². The third-order valence-corrected chi connectivity index (χ3v) is 4.61. The summed E-state index contributed by atoms with van der Waals surface area (Å²) in [6.07, 6.45) is 0. The molecule has 2 aromatic carbocycles. The Balaban J connectivity index is 0.00000512. The summed E-state index contributed by atoms with van der Waals surface area (Å²) in [4.78, 5) is 16.4. The first-order valence-electron chi connectivity index (χ1n) is 10.5. The number of nitrogens with zero attached hydrogens (tertiary/aromatic N) is 1. The molecular weight excluding hydrogens is 519 g/mol. The Kier molecular flexibility index (Phi) is 12.5. The van der Waals surface area contributed by atoms with E-state index in [2.05, 4.69) is 34.8 Å². The van der Waals surface area contributed by atoms with Gasteiger partial charge in [0.05, 0.1) is 26.3 Å². The summed E-state index contributed by atoms with van der Waals surface area (Å²) in [5, 5.41) is 9.24. The van der Waals surface area contributed by atoms with E-state index in [1.807, 2.05) is 55.5 Å². The smallest absolute Gasteiger partial charge is 0.239 e. The van der Waals surface area contributed by atoms with Crippen LogP contribution < -0.4 is 25.4 Å². The lowest BCUT2D eigenvalue weighted by molar-refractivity contribution is -0.120. The van der Waals surface area contributed by atoms with Crippen LogP contribution in [0, 0.1) is 5.92 Å². The van der Waals surface area contributed by atoms with Crippen LogP contribution in [0.15, 0.2) is 53.5 Å². The standard InChI is InChI=1S/C24H34N4O3.HI/c1-17(2)16-31-22-12-8-20(9-13-22)18(3)28-24(25-4)27-15-23(29)26-14-19-6-10-21(30-5)11-7-19;/h6-13,17-18H,14-16H2,1-5H3,(H,26,29)(H2,25,27,28);1H. The first-order chi connectivity index (χ1) is 14.9. The topological polar surface area (TPSA) is 84.0 Å². The molecule has 0 aliphatic rings.